The van der Waals surface area contributed by atoms with Gasteiger partial charge >= 0.3 is 0 Å². The second kappa shape index (κ2) is 12.8. The van der Waals surface area contributed by atoms with E-state index >= 15 is 0 Å². The fraction of sp³-hybridized carbons (Fsp3) is 0.167. The highest BCUT2D eigenvalue weighted by Gasteiger charge is 2.22. The molecule has 0 aliphatic carbocycles. The molecule has 0 unspecified atom stereocenters. The van der Waals surface area contributed by atoms with E-state index in [1.54, 1.807) is 12.1 Å². The summed E-state index contributed by atoms with van der Waals surface area (Å²) in [5.74, 6) is -1.54. The molecule has 13 heteroatoms. The molecule has 0 saturated carbocycles. The zero-order valence-electron chi connectivity index (χ0n) is 19.3. The molecular formula is C24H23ClN4O7S. The van der Waals surface area contributed by atoms with Gasteiger partial charge in [0.2, 0.25) is 0 Å². The van der Waals surface area contributed by atoms with Crippen LogP contribution in [0.2, 0.25) is 5.02 Å². The van der Waals surface area contributed by atoms with E-state index in [1.165, 1.54) is 18.2 Å². The first kappa shape index (κ1) is 27.6. The average Bonchev–Trinajstić information content (AvgIpc) is 2.90. The van der Waals surface area contributed by atoms with Crippen LogP contribution in [-0.4, -0.2) is 62.5 Å². The maximum atomic E-state index is 12.8. The van der Waals surface area contributed by atoms with Gasteiger partial charge < -0.3 is 20.5 Å². The number of carbonyl (C=O) groups excluding carboxylic acids is 3. The van der Waals surface area contributed by atoms with Gasteiger partial charge in [0.15, 0.2) is 0 Å². The Hall–Kier alpha value is -4.00. The maximum Gasteiger partial charge on any atom is 0.269 e. The fourth-order valence-corrected chi connectivity index (χ4v) is 4.16. The molecule has 0 fully saturated rings. The van der Waals surface area contributed by atoms with Crippen molar-refractivity contribution in [2.24, 2.45) is 0 Å². The Balaban J connectivity index is 1.63. The van der Waals surface area contributed by atoms with Crippen LogP contribution in [0.5, 0.6) is 5.75 Å². The SMILES string of the molecule is O=C(NS(=O)(=O)c1ccc(Cl)c(C(=O)NCCOc2ccccc2)c1)c1ccc(C(=O)NCCO)nc1. The van der Waals surface area contributed by atoms with Crippen LogP contribution >= 0.6 is 11.6 Å². The Morgan fingerprint density at radius 2 is 1.65 bits per heavy atom. The van der Waals surface area contributed by atoms with Crippen molar-refractivity contribution in [2.75, 3.05) is 26.3 Å². The van der Waals surface area contributed by atoms with Gasteiger partial charge in [0.1, 0.15) is 18.1 Å². The van der Waals surface area contributed by atoms with Crippen LogP contribution in [0.1, 0.15) is 31.2 Å². The molecule has 0 aliphatic rings. The predicted molar refractivity (Wildman–Crippen MR) is 134 cm³/mol. The summed E-state index contributed by atoms with van der Waals surface area (Å²) in [7, 11) is -4.38. The number of aliphatic hydroxyl groups excluding tert-OH is 1. The number of aliphatic hydroxyl groups is 1. The average molecular weight is 547 g/mol. The minimum Gasteiger partial charge on any atom is -0.492 e. The van der Waals surface area contributed by atoms with E-state index in [4.69, 9.17) is 21.4 Å². The van der Waals surface area contributed by atoms with Crippen molar-refractivity contribution in [3.63, 3.8) is 0 Å². The number of benzene rings is 2. The molecule has 2 aromatic carbocycles. The number of sulfonamides is 1. The number of pyridine rings is 1. The lowest BCUT2D eigenvalue weighted by Crippen LogP contribution is -2.32. The number of carbonyl (C=O) groups is 3. The van der Waals surface area contributed by atoms with Crippen LogP contribution in [-0.2, 0) is 10.0 Å². The van der Waals surface area contributed by atoms with Gasteiger partial charge in [0.25, 0.3) is 27.7 Å². The molecule has 194 valence electrons. The first-order valence-electron chi connectivity index (χ1n) is 10.9. The van der Waals surface area contributed by atoms with Crippen molar-refractivity contribution in [3.8, 4) is 5.75 Å². The van der Waals surface area contributed by atoms with E-state index in [1.807, 2.05) is 22.9 Å². The van der Waals surface area contributed by atoms with Gasteiger partial charge in [-0.1, -0.05) is 29.8 Å². The van der Waals surface area contributed by atoms with Gasteiger partial charge in [-0.05, 0) is 42.5 Å². The maximum absolute atomic E-state index is 12.8. The molecule has 0 bridgehead atoms. The predicted octanol–water partition coefficient (Wildman–Crippen LogP) is 1.38. The van der Waals surface area contributed by atoms with Crippen LogP contribution in [0.3, 0.4) is 0 Å². The number of ether oxygens (including phenoxy) is 1. The molecule has 1 aromatic heterocycles. The lowest BCUT2D eigenvalue weighted by atomic mass is 10.2. The highest BCUT2D eigenvalue weighted by Crippen LogP contribution is 2.21. The Kier molecular flexibility index (Phi) is 9.55. The Morgan fingerprint density at radius 3 is 2.32 bits per heavy atom. The number of amides is 3. The number of hydrogen-bond donors (Lipinski definition) is 4. The molecule has 37 heavy (non-hydrogen) atoms. The van der Waals surface area contributed by atoms with Crippen molar-refractivity contribution >= 4 is 39.3 Å². The minimum atomic E-state index is -4.38. The third kappa shape index (κ3) is 7.74. The van der Waals surface area contributed by atoms with E-state index in [0.717, 1.165) is 18.3 Å². The van der Waals surface area contributed by atoms with Crippen LogP contribution in [0, 0.1) is 0 Å². The highest BCUT2D eigenvalue weighted by molar-refractivity contribution is 7.90. The summed E-state index contributed by atoms with van der Waals surface area (Å²) in [4.78, 5) is 40.3. The number of hydrogen-bond acceptors (Lipinski definition) is 8. The summed E-state index contributed by atoms with van der Waals surface area (Å²) >= 11 is 6.09. The van der Waals surface area contributed by atoms with Gasteiger partial charge in [-0.15, -0.1) is 0 Å². The first-order chi connectivity index (χ1) is 17.7. The standard InChI is InChI=1S/C24H23ClN4O7S/c25-20-8-7-18(14-19(20)23(32)27-11-13-36-17-4-2-1-3-5-17)37(34,35)29-22(31)16-6-9-21(28-15-16)24(33)26-10-12-30/h1-9,14-15,30H,10-13H2,(H,26,33)(H,27,32)(H,29,31). The smallest absolute Gasteiger partial charge is 0.269 e. The van der Waals surface area contributed by atoms with Crippen molar-refractivity contribution in [2.45, 2.75) is 4.90 Å². The first-order valence-corrected chi connectivity index (χ1v) is 12.8. The van der Waals surface area contributed by atoms with Gasteiger partial charge in [0, 0.05) is 12.7 Å². The second-order valence-electron chi connectivity index (χ2n) is 7.41. The molecule has 4 N–H and O–H groups in total. The van der Waals surface area contributed by atoms with E-state index in [9.17, 15) is 22.8 Å². The van der Waals surface area contributed by atoms with Gasteiger partial charge in [-0.2, -0.15) is 0 Å². The highest BCUT2D eigenvalue weighted by atomic mass is 35.5. The molecule has 0 aliphatic heterocycles. The Bertz CT molecular complexity index is 1370. The molecule has 0 radical (unpaired) electrons. The van der Waals surface area contributed by atoms with Crippen molar-refractivity contribution in [1.29, 1.82) is 0 Å². The van der Waals surface area contributed by atoms with Crippen LogP contribution < -0.4 is 20.1 Å². The number of aromatic nitrogens is 1. The minimum absolute atomic E-state index is 0.0182. The molecule has 1 heterocycles. The zero-order valence-corrected chi connectivity index (χ0v) is 20.9. The molecule has 0 atom stereocenters. The van der Waals surface area contributed by atoms with Crippen LogP contribution in [0.15, 0.2) is 71.8 Å². The van der Waals surface area contributed by atoms with Gasteiger partial charge in [0.05, 0.1) is 34.2 Å². The third-order valence-corrected chi connectivity index (χ3v) is 6.43. The Morgan fingerprint density at radius 1 is 0.919 bits per heavy atom. The molecule has 3 amide bonds. The topological polar surface area (TPSA) is 164 Å². The van der Waals surface area contributed by atoms with Gasteiger partial charge in [-0.3, -0.25) is 19.4 Å². The molecule has 0 spiro atoms. The zero-order chi connectivity index (χ0) is 26.8. The number of halogens is 1. The summed E-state index contributed by atoms with van der Waals surface area (Å²) in [5, 5.41) is 13.8. The van der Waals surface area contributed by atoms with Crippen molar-refractivity contribution in [1.82, 2.24) is 20.3 Å². The van der Waals surface area contributed by atoms with E-state index in [0.29, 0.717) is 5.75 Å². The van der Waals surface area contributed by atoms with Crippen LogP contribution in [0.25, 0.3) is 0 Å². The van der Waals surface area contributed by atoms with Crippen molar-refractivity contribution in [3.05, 3.63) is 88.7 Å². The summed E-state index contributed by atoms with van der Waals surface area (Å²) in [6.07, 6.45) is 1.04. The Labute approximate surface area is 217 Å². The van der Waals surface area contributed by atoms with Crippen molar-refractivity contribution < 1.29 is 32.6 Å². The molecule has 3 aromatic rings. The van der Waals surface area contributed by atoms with Gasteiger partial charge in [-0.25, -0.2) is 13.1 Å². The second-order valence-corrected chi connectivity index (χ2v) is 9.49. The van der Waals surface area contributed by atoms with E-state index < -0.39 is 27.7 Å². The van der Waals surface area contributed by atoms with E-state index in [-0.39, 0.29) is 53.0 Å². The number of para-hydroxylation sites is 1. The number of rotatable bonds is 11. The molecule has 11 nitrogen and oxygen atoms in total. The summed E-state index contributed by atoms with van der Waals surface area (Å²) in [6.45, 7) is 0.0977. The lowest BCUT2D eigenvalue weighted by Gasteiger charge is -2.11. The summed E-state index contributed by atoms with van der Waals surface area (Å²) < 4.78 is 32.9. The fourth-order valence-electron chi connectivity index (χ4n) is 2.95. The van der Waals surface area contributed by atoms with Crippen LogP contribution in [0.4, 0.5) is 0 Å². The number of nitrogens with one attached hydrogen (secondary N) is 3. The number of nitrogens with zero attached hydrogens (tertiary/aromatic N) is 1. The van der Waals surface area contributed by atoms with E-state index in [2.05, 4.69) is 15.6 Å². The quantitative estimate of drug-likeness (QED) is 0.262. The summed E-state index contributed by atoms with van der Waals surface area (Å²) in [6, 6.07) is 14.9. The molecular weight excluding hydrogens is 524 g/mol. The third-order valence-electron chi connectivity index (χ3n) is 4.78. The molecule has 0 saturated heterocycles. The largest absolute Gasteiger partial charge is 0.492 e. The lowest BCUT2D eigenvalue weighted by molar-refractivity contribution is 0.0933. The monoisotopic (exact) mass is 546 g/mol. The molecule has 3 rings (SSSR count). The summed E-state index contributed by atoms with van der Waals surface area (Å²) in [5.41, 5.74) is -0.236. The normalized spacial score (nSPS) is 10.9.